The molecule has 6 rings (SSSR count). The molecule has 3 heterocycles. The normalized spacial score (nSPS) is 24.3. The van der Waals surface area contributed by atoms with Gasteiger partial charge in [-0.05, 0) is 63.5 Å². The first-order valence-corrected chi connectivity index (χ1v) is 12.2. The molecule has 2 saturated heterocycles. The Balaban J connectivity index is 1.49. The molecule has 2 fully saturated rings. The molecule has 0 spiro atoms. The summed E-state index contributed by atoms with van der Waals surface area (Å²) in [4.78, 5) is 44.8. The number of benzene rings is 3. The molecular weight excluding hydrogens is 508 g/mol. The fourth-order valence-electron chi connectivity index (χ4n) is 5.68. The predicted molar refractivity (Wildman–Crippen MR) is 135 cm³/mol. The summed E-state index contributed by atoms with van der Waals surface area (Å²) in [6.07, 6.45) is 3.81. The molecule has 35 heavy (non-hydrogen) atoms. The molecule has 4 atom stereocenters. The quantitative estimate of drug-likeness (QED) is 0.357. The summed E-state index contributed by atoms with van der Waals surface area (Å²) in [7, 11) is 1.56. The van der Waals surface area contributed by atoms with Crippen molar-refractivity contribution >= 4 is 45.3 Å². The molecule has 3 aromatic rings. The van der Waals surface area contributed by atoms with E-state index in [1.54, 1.807) is 49.6 Å². The van der Waals surface area contributed by atoms with E-state index in [-0.39, 0.29) is 17.6 Å². The predicted octanol–water partition coefficient (Wildman–Crippen LogP) is 4.86. The number of hydrogen-bond donors (Lipinski definition) is 0. The number of fused-ring (bicyclic) bond motifs is 5. The third-order valence-corrected chi connectivity index (χ3v) is 7.80. The maximum absolute atomic E-state index is 14.0. The van der Waals surface area contributed by atoms with Crippen molar-refractivity contribution in [3.63, 3.8) is 0 Å². The van der Waals surface area contributed by atoms with Crippen LogP contribution in [0.4, 0.5) is 5.69 Å². The third kappa shape index (κ3) is 3.18. The second kappa shape index (κ2) is 8.20. The highest BCUT2D eigenvalue weighted by molar-refractivity contribution is 9.10. The number of hydrogen-bond acceptors (Lipinski definition) is 5. The van der Waals surface area contributed by atoms with Gasteiger partial charge in [-0.2, -0.15) is 0 Å². The molecule has 4 unspecified atom stereocenters. The summed E-state index contributed by atoms with van der Waals surface area (Å²) < 4.78 is 5.96. The number of anilines is 1. The van der Waals surface area contributed by atoms with Crippen LogP contribution in [0.25, 0.3) is 6.08 Å². The molecule has 6 nitrogen and oxygen atoms in total. The van der Waals surface area contributed by atoms with E-state index < -0.39 is 23.9 Å². The van der Waals surface area contributed by atoms with Gasteiger partial charge in [0.15, 0.2) is 5.78 Å². The monoisotopic (exact) mass is 528 g/mol. The maximum Gasteiger partial charge on any atom is 0.240 e. The summed E-state index contributed by atoms with van der Waals surface area (Å²) in [5.41, 5.74) is 2.92. The lowest BCUT2D eigenvalue weighted by molar-refractivity contribution is -0.123. The molecule has 3 aliphatic rings. The molecule has 3 aromatic carbocycles. The van der Waals surface area contributed by atoms with Gasteiger partial charge in [0.1, 0.15) is 11.8 Å². The van der Waals surface area contributed by atoms with Crippen molar-refractivity contribution < 1.29 is 19.1 Å². The zero-order chi connectivity index (χ0) is 24.3. The Labute approximate surface area is 210 Å². The minimum absolute atomic E-state index is 0.203. The first kappa shape index (κ1) is 21.8. The summed E-state index contributed by atoms with van der Waals surface area (Å²) in [6, 6.07) is 20.7. The first-order valence-electron chi connectivity index (χ1n) is 11.4. The van der Waals surface area contributed by atoms with Crippen molar-refractivity contribution in [2.24, 2.45) is 11.8 Å². The van der Waals surface area contributed by atoms with Crippen molar-refractivity contribution in [1.82, 2.24) is 4.90 Å². The molecule has 0 saturated carbocycles. The SMILES string of the molecule is COc1ccc(C(=O)C2C3C(=O)N(c4ccccc4)C(=O)C3C3c4ccccc4C=CN23)cc1Br. The number of carbonyl (C=O) groups excluding carboxylic acids is 3. The smallest absolute Gasteiger partial charge is 0.240 e. The van der Waals surface area contributed by atoms with Crippen LogP contribution in [0.5, 0.6) is 5.75 Å². The molecule has 0 bridgehead atoms. The van der Waals surface area contributed by atoms with Crippen LogP contribution in [0.2, 0.25) is 0 Å². The Morgan fingerprint density at radius 3 is 2.37 bits per heavy atom. The van der Waals surface area contributed by atoms with Gasteiger partial charge < -0.3 is 9.64 Å². The van der Waals surface area contributed by atoms with Crippen LogP contribution in [0.1, 0.15) is 27.5 Å². The van der Waals surface area contributed by atoms with E-state index in [4.69, 9.17) is 4.74 Å². The van der Waals surface area contributed by atoms with E-state index in [0.29, 0.717) is 21.5 Å². The summed E-state index contributed by atoms with van der Waals surface area (Å²) in [6.45, 7) is 0. The van der Waals surface area contributed by atoms with E-state index in [2.05, 4.69) is 15.9 Å². The number of ketones is 1. The van der Waals surface area contributed by atoms with E-state index in [1.807, 2.05) is 47.5 Å². The van der Waals surface area contributed by atoms with Crippen LogP contribution in [0, 0.1) is 11.8 Å². The molecule has 0 radical (unpaired) electrons. The van der Waals surface area contributed by atoms with Crippen LogP contribution in [0.3, 0.4) is 0 Å². The molecule has 174 valence electrons. The molecule has 3 aliphatic heterocycles. The van der Waals surface area contributed by atoms with Gasteiger partial charge in [-0.15, -0.1) is 0 Å². The summed E-state index contributed by atoms with van der Waals surface area (Å²) >= 11 is 3.46. The van der Waals surface area contributed by atoms with Crippen molar-refractivity contribution in [3.05, 3.63) is 100 Å². The fourth-order valence-corrected chi connectivity index (χ4v) is 6.22. The Morgan fingerprint density at radius 2 is 1.63 bits per heavy atom. The third-order valence-electron chi connectivity index (χ3n) is 7.18. The van der Waals surface area contributed by atoms with Crippen LogP contribution < -0.4 is 9.64 Å². The van der Waals surface area contributed by atoms with E-state index in [0.717, 1.165) is 11.1 Å². The molecular formula is C28H21BrN2O4. The molecule has 2 amide bonds. The van der Waals surface area contributed by atoms with Crippen LogP contribution >= 0.6 is 15.9 Å². The zero-order valence-corrected chi connectivity index (χ0v) is 20.4. The van der Waals surface area contributed by atoms with Gasteiger partial charge in [-0.3, -0.25) is 14.4 Å². The first-order chi connectivity index (χ1) is 17.0. The number of rotatable bonds is 4. The number of para-hydroxylation sites is 1. The number of ether oxygens (including phenoxy) is 1. The fraction of sp³-hybridized carbons (Fsp3) is 0.179. The van der Waals surface area contributed by atoms with Gasteiger partial charge in [0.25, 0.3) is 0 Å². The number of amides is 2. The summed E-state index contributed by atoms with van der Waals surface area (Å²) in [5, 5.41) is 0. The Bertz CT molecular complexity index is 1400. The summed E-state index contributed by atoms with van der Waals surface area (Å²) in [5.74, 6) is -1.65. The van der Waals surface area contributed by atoms with Gasteiger partial charge in [0.2, 0.25) is 11.8 Å². The van der Waals surface area contributed by atoms with E-state index in [1.165, 1.54) is 4.90 Å². The van der Waals surface area contributed by atoms with Crippen LogP contribution in [-0.2, 0) is 9.59 Å². The number of methoxy groups -OCH3 is 1. The van der Waals surface area contributed by atoms with Crippen molar-refractivity contribution in [1.29, 1.82) is 0 Å². The Kier molecular flexibility index (Phi) is 5.11. The largest absolute Gasteiger partial charge is 0.496 e. The average Bonchev–Trinajstić information content (AvgIpc) is 3.36. The lowest BCUT2D eigenvalue weighted by Gasteiger charge is -2.35. The van der Waals surface area contributed by atoms with Crippen molar-refractivity contribution in [2.45, 2.75) is 12.1 Å². The average molecular weight is 529 g/mol. The highest BCUT2D eigenvalue weighted by atomic mass is 79.9. The van der Waals surface area contributed by atoms with E-state index in [9.17, 15) is 14.4 Å². The number of carbonyl (C=O) groups is 3. The second-order valence-electron chi connectivity index (χ2n) is 8.89. The second-order valence-corrected chi connectivity index (χ2v) is 9.75. The Morgan fingerprint density at radius 1 is 0.914 bits per heavy atom. The van der Waals surface area contributed by atoms with Crippen molar-refractivity contribution in [3.8, 4) is 5.75 Å². The lowest BCUT2D eigenvalue weighted by atomic mass is 9.83. The highest BCUT2D eigenvalue weighted by Gasteiger charge is 2.64. The van der Waals surface area contributed by atoms with E-state index >= 15 is 0 Å². The zero-order valence-electron chi connectivity index (χ0n) is 18.8. The van der Waals surface area contributed by atoms with Gasteiger partial charge in [-0.25, -0.2) is 4.90 Å². The molecule has 0 aliphatic carbocycles. The number of nitrogens with zero attached hydrogens (tertiary/aromatic N) is 2. The standard InChI is InChI=1S/C28H21BrN2O4/c1-35-21-12-11-17(15-20(21)29)26(32)25-23-22(24-19-10-6-5-7-16(19)13-14-30(24)25)27(33)31(28(23)34)18-8-3-2-4-9-18/h2-15,22-25H,1H3. The minimum atomic E-state index is -0.805. The highest BCUT2D eigenvalue weighted by Crippen LogP contribution is 2.53. The number of halogens is 1. The number of Topliss-reactive ketones (excluding diaryl/α,β-unsaturated/α-hetero) is 1. The lowest BCUT2D eigenvalue weighted by Crippen LogP contribution is -2.44. The number of imide groups is 1. The van der Waals surface area contributed by atoms with Crippen molar-refractivity contribution in [2.75, 3.05) is 12.0 Å². The Hall–Kier alpha value is -3.71. The van der Waals surface area contributed by atoms with Gasteiger partial charge in [0.05, 0.1) is 35.1 Å². The molecule has 7 heteroatoms. The van der Waals surface area contributed by atoms with Crippen LogP contribution in [0.15, 0.2) is 83.5 Å². The van der Waals surface area contributed by atoms with Crippen LogP contribution in [-0.4, -0.2) is 35.6 Å². The maximum atomic E-state index is 14.0. The molecule has 0 N–H and O–H groups in total. The van der Waals surface area contributed by atoms with Gasteiger partial charge in [-0.1, -0.05) is 42.5 Å². The van der Waals surface area contributed by atoms with Gasteiger partial charge in [0, 0.05) is 11.8 Å². The minimum Gasteiger partial charge on any atom is -0.496 e. The topological polar surface area (TPSA) is 66.9 Å². The van der Waals surface area contributed by atoms with Gasteiger partial charge >= 0.3 is 0 Å². The molecule has 0 aromatic heterocycles.